The SMILES string of the molecule is Cc1nc2cc(C(=O)O)c(C3=NC(C)(C(C)C)C(=O)N3)cc2n1C.Cl. The van der Waals surface area contributed by atoms with E-state index in [1.165, 1.54) is 6.07 Å². The van der Waals surface area contributed by atoms with Crippen LogP contribution in [0.25, 0.3) is 11.0 Å². The number of rotatable bonds is 3. The third-order valence-electron chi connectivity index (χ3n) is 4.89. The van der Waals surface area contributed by atoms with Gasteiger partial charge < -0.3 is 15.0 Å². The molecule has 2 heterocycles. The smallest absolute Gasteiger partial charge is 0.336 e. The van der Waals surface area contributed by atoms with Crippen LogP contribution in [0.4, 0.5) is 0 Å². The summed E-state index contributed by atoms with van der Waals surface area (Å²) in [6.07, 6.45) is 0. The van der Waals surface area contributed by atoms with Gasteiger partial charge in [0.2, 0.25) is 0 Å². The Bertz CT molecular complexity index is 916. The van der Waals surface area contributed by atoms with Crippen LogP contribution in [0, 0.1) is 12.8 Å². The second-order valence-electron chi connectivity index (χ2n) is 6.63. The van der Waals surface area contributed by atoms with Crippen LogP contribution < -0.4 is 5.32 Å². The van der Waals surface area contributed by atoms with Crippen molar-refractivity contribution in [1.82, 2.24) is 14.9 Å². The van der Waals surface area contributed by atoms with E-state index >= 15 is 0 Å². The van der Waals surface area contributed by atoms with Crippen LogP contribution >= 0.6 is 12.4 Å². The molecule has 0 radical (unpaired) electrons. The Morgan fingerprint density at radius 2 is 2.00 bits per heavy atom. The third kappa shape index (κ3) is 2.78. The molecule has 1 aliphatic heterocycles. The molecule has 1 atom stereocenters. The van der Waals surface area contributed by atoms with Crippen LogP contribution in [-0.4, -0.2) is 37.9 Å². The predicted octanol–water partition coefficient (Wildman–Crippen LogP) is 2.29. The van der Waals surface area contributed by atoms with Gasteiger partial charge in [-0.2, -0.15) is 0 Å². The summed E-state index contributed by atoms with van der Waals surface area (Å²) in [5.41, 5.74) is 0.973. The van der Waals surface area contributed by atoms with Crippen molar-refractivity contribution in [2.75, 3.05) is 0 Å². The fourth-order valence-corrected chi connectivity index (χ4v) is 2.80. The number of aliphatic imine (C=N–C) groups is 1. The monoisotopic (exact) mass is 364 g/mol. The topological polar surface area (TPSA) is 96.6 Å². The Labute approximate surface area is 151 Å². The van der Waals surface area contributed by atoms with Gasteiger partial charge in [-0.3, -0.25) is 9.79 Å². The third-order valence-corrected chi connectivity index (χ3v) is 4.89. The molecular weight excluding hydrogens is 344 g/mol. The first kappa shape index (κ1) is 18.9. The van der Waals surface area contributed by atoms with E-state index in [0.29, 0.717) is 16.9 Å². The lowest BCUT2D eigenvalue weighted by atomic mass is 9.89. The molecule has 1 aromatic carbocycles. The molecule has 3 rings (SSSR count). The Balaban J connectivity index is 0.00000225. The maximum absolute atomic E-state index is 12.3. The first-order valence-electron chi connectivity index (χ1n) is 7.77. The number of carboxylic acids is 1. The van der Waals surface area contributed by atoms with Crippen molar-refractivity contribution in [2.24, 2.45) is 18.0 Å². The molecule has 1 aliphatic rings. The molecule has 25 heavy (non-hydrogen) atoms. The van der Waals surface area contributed by atoms with E-state index < -0.39 is 11.5 Å². The Hall–Kier alpha value is -2.41. The number of imidazole rings is 1. The van der Waals surface area contributed by atoms with Crippen LogP contribution in [0.2, 0.25) is 0 Å². The zero-order chi connectivity index (χ0) is 17.8. The fourth-order valence-electron chi connectivity index (χ4n) is 2.80. The summed E-state index contributed by atoms with van der Waals surface area (Å²) in [5.74, 6) is -0.223. The molecule has 7 nitrogen and oxygen atoms in total. The Morgan fingerprint density at radius 1 is 1.36 bits per heavy atom. The molecule has 2 aromatic rings. The summed E-state index contributed by atoms with van der Waals surface area (Å²) in [6.45, 7) is 7.44. The Kier molecular flexibility index (Phi) is 4.65. The number of aromatic nitrogens is 2. The number of amidine groups is 1. The van der Waals surface area contributed by atoms with Crippen LogP contribution in [0.5, 0.6) is 0 Å². The van der Waals surface area contributed by atoms with E-state index in [4.69, 9.17) is 0 Å². The average molecular weight is 365 g/mol. The molecule has 134 valence electrons. The number of aromatic carboxylic acids is 1. The number of fused-ring (bicyclic) bond motifs is 1. The summed E-state index contributed by atoms with van der Waals surface area (Å²) in [5, 5.41) is 12.3. The van der Waals surface area contributed by atoms with E-state index in [-0.39, 0.29) is 29.8 Å². The lowest BCUT2D eigenvalue weighted by Crippen LogP contribution is -2.41. The van der Waals surface area contributed by atoms with Gasteiger partial charge in [-0.1, -0.05) is 13.8 Å². The van der Waals surface area contributed by atoms with E-state index in [1.807, 2.05) is 32.4 Å². The van der Waals surface area contributed by atoms with Crippen molar-refractivity contribution in [3.8, 4) is 0 Å². The lowest BCUT2D eigenvalue weighted by Gasteiger charge is -2.21. The van der Waals surface area contributed by atoms with Crippen LogP contribution in [0.1, 0.15) is 42.5 Å². The van der Waals surface area contributed by atoms with Crippen LogP contribution in [-0.2, 0) is 11.8 Å². The molecule has 2 N–H and O–H groups in total. The maximum atomic E-state index is 12.3. The minimum Gasteiger partial charge on any atom is -0.478 e. The number of carbonyl (C=O) groups excluding carboxylic acids is 1. The predicted molar refractivity (Wildman–Crippen MR) is 97.6 cm³/mol. The van der Waals surface area contributed by atoms with Gasteiger partial charge in [0.1, 0.15) is 17.2 Å². The van der Waals surface area contributed by atoms with Crippen molar-refractivity contribution in [2.45, 2.75) is 33.2 Å². The number of halogens is 1. The minimum absolute atomic E-state index is 0. The fraction of sp³-hybridized carbons (Fsp3) is 0.412. The maximum Gasteiger partial charge on any atom is 0.336 e. The van der Waals surface area contributed by atoms with E-state index in [0.717, 1.165) is 11.3 Å². The summed E-state index contributed by atoms with van der Waals surface area (Å²) in [6, 6.07) is 3.25. The van der Waals surface area contributed by atoms with E-state index in [9.17, 15) is 14.7 Å². The summed E-state index contributed by atoms with van der Waals surface area (Å²) in [4.78, 5) is 32.9. The summed E-state index contributed by atoms with van der Waals surface area (Å²) in [7, 11) is 1.86. The molecule has 8 heteroatoms. The van der Waals surface area contributed by atoms with Gasteiger partial charge in [0.05, 0.1) is 16.6 Å². The van der Waals surface area contributed by atoms with E-state index in [2.05, 4.69) is 15.3 Å². The highest BCUT2D eigenvalue weighted by Gasteiger charge is 2.42. The van der Waals surface area contributed by atoms with Crippen LogP contribution in [0.3, 0.4) is 0 Å². The lowest BCUT2D eigenvalue weighted by molar-refractivity contribution is -0.124. The number of carbonyl (C=O) groups is 2. The summed E-state index contributed by atoms with van der Waals surface area (Å²) < 4.78 is 1.88. The van der Waals surface area contributed by atoms with Gasteiger partial charge >= 0.3 is 5.97 Å². The standard InChI is InChI=1S/C17H20N4O3.ClH/c1-8(2)17(4)16(24)19-14(20-17)10-7-13-12(6-11(10)15(22)23)18-9(3)21(13)5;/h6-8H,1-5H3,(H,22,23)(H,19,20,24);1H. The van der Waals surface area contributed by atoms with E-state index in [1.54, 1.807) is 13.0 Å². The minimum atomic E-state index is -1.08. The number of hydrogen-bond acceptors (Lipinski definition) is 4. The van der Waals surface area contributed by atoms with Crippen LogP contribution in [0.15, 0.2) is 17.1 Å². The van der Waals surface area contributed by atoms with Crippen molar-refractivity contribution in [1.29, 1.82) is 0 Å². The van der Waals surface area contributed by atoms with Crippen molar-refractivity contribution in [3.63, 3.8) is 0 Å². The van der Waals surface area contributed by atoms with Gasteiger partial charge in [0.25, 0.3) is 5.91 Å². The number of benzene rings is 1. The number of amides is 1. The average Bonchev–Trinajstić information content (AvgIpc) is 2.96. The van der Waals surface area contributed by atoms with Gasteiger partial charge in [0, 0.05) is 12.6 Å². The number of nitrogens with zero attached hydrogens (tertiary/aromatic N) is 3. The number of hydrogen-bond donors (Lipinski definition) is 2. The number of carboxylic acid groups (broad SMARTS) is 1. The second-order valence-corrected chi connectivity index (χ2v) is 6.63. The quantitative estimate of drug-likeness (QED) is 0.873. The van der Waals surface area contributed by atoms with Gasteiger partial charge in [-0.05, 0) is 31.9 Å². The van der Waals surface area contributed by atoms with Crippen molar-refractivity contribution < 1.29 is 14.7 Å². The second kappa shape index (κ2) is 6.15. The zero-order valence-electron chi connectivity index (χ0n) is 14.7. The molecule has 0 spiro atoms. The molecule has 0 aliphatic carbocycles. The van der Waals surface area contributed by atoms with Crippen molar-refractivity contribution in [3.05, 3.63) is 29.1 Å². The molecule has 1 unspecified atom stereocenters. The Morgan fingerprint density at radius 3 is 2.52 bits per heavy atom. The normalized spacial score (nSPS) is 19.8. The highest BCUT2D eigenvalue weighted by molar-refractivity contribution is 6.19. The number of aryl methyl sites for hydroxylation is 2. The molecule has 1 aromatic heterocycles. The molecule has 0 bridgehead atoms. The van der Waals surface area contributed by atoms with Gasteiger partial charge in [-0.25, -0.2) is 9.78 Å². The zero-order valence-corrected chi connectivity index (χ0v) is 15.6. The number of nitrogens with one attached hydrogen (secondary N) is 1. The molecule has 0 fully saturated rings. The molecule has 0 saturated heterocycles. The summed E-state index contributed by atoms with van der Waals surface area (Å²) >= 11 is 0. The first-order valence-corrected chi connectivity index (χ1v) is 7.77. The largest absolute Gasteiger partial charge is 0.478 e. The highest BCUT2D eigenvalue weighted by atomic mass is 35.5. The van der Waals surface area contributed by atoms with Gasteiger partial charge in [0.15, 0.2) is 0 Å². The van der Waals surface area contributed by atoms with Crippen molar-refractivity contribution >= 4 is 41.2 Å². The highest BCUT2D eigenvalue weighted by Crippen LogP contribution is 2.29. The molecule has 1 amide bonds. The molecular formula is C17H21ClN4O3. The van der Waals surface area contributed by atoms with Gasteiger partial charge in [-0.15, -0.1) is 12.4 Å². The first-order chi connectivity index (χ1) is 11.1. The molecule has 0 saturated carbocycles.